The van der Waals surface area contributed by atoms with Crippen LogP contribution in [0.4, 0.5) is 10.5 Å². The summed E-state index contributed by atoms with van der Waals surface area (Å²) in [6.45, 7) is 2.96. The molecule has 1 aromatic rings. The van der Waals surface area contributed by atoms with Crippen molar-refractivity contribution >= 4 is 34.9 Å². The highest BCUT2D eigenvalue weighted by atomic mass is 35.5. The third-order valence-electron chi connectivity index (χ3n) is 4.49. The quantitative estimate of drug-likeness (QED) is 0.307. The van der Waals surface area contributed by atoms with Crippen LogP contribution in [0, 0.1) is 0 Å². The number of hydrogen-bond acceptors (Lipinski definition) is 1. The molecule has 0 saturated heterocycles. The van der Waals surface area contributed by atoms with Crippen LogP contribution in [-0.2, 0) is 0 Å². The number of urea groups is 1. The summed E-state index contributed by atoms with van der Waals surface area (Å²) in [7, 11) is 0. The van der Waals surface area contributed by atoms with E-state index in [1.54, 1.807) is 18.2 Å². The van der Waals surface area contributed by atoms with Crippen LogP contribution in [0.15, 0.2) is 18.2 Å². The van der Waals surface area contributed by atoms with Gasteiger partial charge in [0, 0.05) is 12.2 Å². The lowest BCUT2D eigenvalue weighted by atomic mass is 10.1. The van der Waals surface area contributed by atoms with E-state index in [0.29, 0.717) is 22.3 Å². The van der Waals surface area contributed by atoms with Crippen LogP contribution in [0.25, 0.3) is 0 Å². The first kappa shape index (κ1) is 23.1. The maximum atomic E-state index is 11.8. The number of carbonyl (C=O) groups excluding carboxylic acids is 1. The molecular weight excluding hydrogens is 367 g/mol. The molecule has 5 heteroatoms. The zero-order chi connectivity index (χ0) is 19.0. The van der Waals surface area contributed by atoms with E-state index in [1.807, 2.05) is 0 Å². The fourth-order valence-corrected chi connectivity index (χ4v) is 3.22. The van der Waals surface area contributed by atoms with Crippen molar-refractivity contribution in [1.29, 1.82) is 0 Å². The van der Waals surface area contributed by atoms with Crippen molar-refractivity contribution in [3.05, 3.63) is 28.2 Å². The first-order chi connectivity index (χ1) is 12.6. The molecule has 0 radical (unpaired) electrons. The molecule has 0 aliphatic carbocycles. The number of nitrogens with one attached hydrogen (secondary N) is 2. The van der Waals surface area contributed by atoms with Crippen LogP contribution >= 0.6 is 23.2 Å². The highest BCUT2D eigenvalue weighted by molar-refractivity contribution is 6.42. The molecule has 0 bridgehead atoms. The average Bonchev–Trinajstić information content (AvgIpc) is 2.62. The summed E-state index contributed by atoms with van der Waals surface area (Å²) in [6.07, 6.45) is 15.8. The smallest absolute Gasteiger partial charge is 0.319 e. The topological polar surface area (TPSA) is 41.1 Å². The Labute approximate surface area is 169 Å². The summed E-state index contributed by atoms with van der Waals surface area (Å²) in [5.74, 6) is 0. The Bertz CT molecular complexity index is 509. The molecule has 2 N–H and O–H groups in total. The van der Waals surface area contributed by atoms with Gasteiger partial charge in [-0.05, 0) is 24.6 Å². The van der Waals surface area contributed by atoms with Gasteiger partial charge in [0.05, 0.1) is 10.0 Å². The number of halogens is 2. The third-order valence-corrected chi connectivity index (χ3v) is 5.23. The van der Waals surface area contributed by atoms with Gasteiger partial charge in [-0.1, -0.05) is 101 Å². The molecule has 0 unspecified atom stereocenters. The fraction of sp³-hybridized carbons (Fsp3) is 0.667. The summed E-state index contributed by atoms with van der Waals surface area (Å²) in [6, 6.07) is 4.85. The highest BCUT2D eigenvalue weighted by Crippen LogP contribution is 2.24. The second kappa shape index (κ2) is 15.2. The predicted molar refractivity (Wildman–Crippen MR) is 115 cm³/mol. The number of anilines is 1. The number of amides is 2. The van der Waals surface area contributed by atoms with Gasteiger partial charge in [-0.2, -0.15) is 0 Å². The van der Waals surface area contributed by atoms with Crippen LogP contribution in [0.3, 0.4) is 0 Å². The largest absolute Gasteiger partial charge is 0.338 e. The molecule has 1 rings (SSSR count). The van der Waals surface area contributed by atoms with Gasteiger partial charge in [0.15, 0.2) is 0 Å². The summed E-state index contributed by atoms with van der Waals surface area (Å²) >= 11 is 11.8. The van der Waals surface area contributed by atoms with Gasteiger partial charge in [-0.3, -0.25) is 0 Å². The van der Waals surface area contributed by atoms with E-state index in [2.05, 4.69) is 17.6 Å². The highest BCUT2D eigenvalue weighted by Gasteiger charge is 2.03. The van der Waals surface area contributed by atoms with Crippen molar-refractivity contribution in [2.75, 3.05) is 11.9 Å². The minimum absolute atomic E-state index is 0.202. The van der Waals surface area contributed by atoms with Gasteiger partial charge >= 0.3 is 6.03 Å². The summed E-state index contributed by atoms with van der Waals surface area (Å²) < 4.78 is 0. The monoisotopic (exact) mass is 400 g/mol. The van der Waals surface area contributed by atoms with Crippen LogP contribution in [0.2, 0.25) is 10.0 Å². The number of rotatable bonds is 14. The lowest BCUT2D eigenvalue weighted by Crippen LogP contribution is -2.29. The zero-order valence-corrected chi connectivity index (χ0v) is 17.6. The van der Waals surface area contributed by atoms with Crippen molar-refractivity contribution in [2.45, 2.75) is 84.0 Å². The van der Waals surface area contributed by atoms with Crippen LogP contribution in [-0.4, -0.2) is 12.6 Å². The Morgan fingerprint density at radius 2 is 1.35 bits per heavy atom. The van der Waals surface area contributed by atoms with E-state index in [9.17, 15) is 4.79 Å². The van der Waals surface area contributed by atoms with Gasteiger partial charge < -0.3 is 10.6 Å². The van der Waals surface area contributed by atoms with Gasteiger partial charge in [-0.15, -0.1) is 0 Å². The minimum Gasteiger partial charge on any atom is -0.338 e. The normalized spacial score (nSPS) is 10.7. The van der Waals surface area contributed by atoms with Gasteiger partial charge in [0.25, 0.3) is 0 Å². The Balaban J connectivity index is 1.91. The van der Waals surface area contributed by atoms with Crippen LogP contribution < -0.4 is 10.6 Å². The van der Waals surface area contributed by atoms with E-state index < -0.39 is 0 Å². The molecule has 2 amide bonds. The fourth-order valence-electron chi connectivity index (χ4n) is 2.92. The Hall–Kier alpha value is -0.930. The van der Waals surface area contributed by atoms with Gasteiger partial charge in [0.2, 0.25) is 0 Å². The Kier molecular flexibility index (Phi) is 13.5. The van der Waals surface area contributed by atoms with E-state index >= 15 is 0 Å². The standard InChI is InChI=1S/C21H34Cl2N2O/c1-2-3-4-5-6-7-8-9-10-11-12-13-16-24-21(26)25-18-14-15-19(22)20(23)17-18/h14-15,17H,2-13,16H2,1H3,(H2,24,25,26). The first-order valence-corrected chi connectivity index (χ1v) is 10.9. The van der Waals surface area contributed by atoms with Gasteiger partial charge in [-0.25, -0.2) is 4.79 Å². The molecule has 0 spiro atoms. The second-order valence-corrected chi connectivity index (χ2v) is 7.71. The lowest BCUT2D eigenvalue weighted by Gasteiger charge is -2.08. The zero-order valence-electron chi connectivity index (χ0n) is 16.1. The second-order valence-electron chi connectivity index (χ2n) is 6.90. The molecule has 3 nitrogen and oxygen atoms in total. The number of hydrogen-bond donors (Lipinski definition) is 2. The minimum atomic E-state index is -0.202. The average molecular weight is 401 g/mol. The maximum Gasteiger partial charge on any atom is 0.319 e. The number of benzene rings is 1. The summed E-state index contributed by atoms with van der Waals surface area (Å²) in [5.41, 5.74) is 0.645. The predicted octanol–water partition coefficient (Wildman–Crippen LogP) is 7.82. The van der Waals surface area contributed by atoms with Crippen molar-refractivity contribution in [3.63, 3.8) is 0 Å². The SMILES string of the molecule is CCCCCCCCCCCCCCNC(=O)Nc1ccc(Cl)c(Cl)c1. The van der Waals surface area contributed by atoms with E-state index in [0.717, 1.165) is 6.42 Å². The van der Waals surface area contributed by atoms with Crippen LogP contribution in [0.5, 0.6) is 0 Å². The first-order valence-electron chi connectivity index (χ1n) is 10.1. The molecule has 0 fully saturated rings. The summed E-state index contributed by atoms with van der Waals surface area (Å²) in [4.78, 5) is 11.8. The van der Waals surface area contributed by atoms with Crippen LogP contribution in [0.1, 0.15) is 84.0 Å². The molecular formula is C21H34Cl2N2O. The molecule has 0 aliphatic heterocycles. The molecule has 0 heterocycles. The van der Waals surface area contributed by atoms with Gasteiger partial charge in [0.1, 0.15) is 0 Å². The van der Waals surface area contributed by atoms with E-state index in [4.69, 9.17) is 23.2 Å². The lowest BCUT2D eigenvalue weighted by molar-refractivity contribution is 0.252. The maximum absolute atomic E-state index is 11.8. The van der Waals surface area contributed by atoms with Crippen molar-refractivity contribution in [1.82, 2.24) is 5.32 Å². The summed E-state index contributed by atoms with van der Waals surface area (Å²) in [5, 5.41) is 6.55. The third kappa shape index (κ3) is 11.6. The Morgan fingerprint density at radius 1 is 0.808 bits per heavy atom. The molecule has 0 aliphatic rings. The molecule has 148 valence electrons. The molecule has 26 heavy (non-hydrogen) atoms. The molecule has 1 aromatic carbocycles. The molecule has 0 saturated carbocycles. The number of unbranched alkanes of at least 4 members (excludes halogenated alkanes) is 11. The van der Waals surface area contributed by atoms with Crippen molar-refractivity contribution in [3.8, 4) is 0 Å². The number of carbonyl (C=O) groups is 1. The van der Waals surface area contributed by atoms with Crippen molar-refractivity contribution < 1.29 is 4.79 Å². The Morgan fingerprint density at radius 3 is 1.88 bits per heavy atom. The van der Waals surface area contributed by atoms with E-state index in [-0.39, 0.29) is 6.03 Å². The van der Waals surface area contributed by atoms with Crippen molar-refractivity contribution in [2.24, 2.45) is 0 Å². The molecule has 0 aromatic heterocycles. The van der Waals surface area contributed by atoms with E-state index in [1.165, 1.54) is 70.6 Å². The molecule has 0 atom stereocenters.